The summed E-state index contributed by atoms with van der Waals surface area (Å²) in [6, 6.07) is 5.38. The molecule has 2 heterocycles. The van der Waals surface area contributed by atoms with Crippen LogP contribution in [0.1, 0.15) is 0 Å². The highest BCUT2D eigenvalue weighted by Gasteiger charge is 2.25. The van der Waals surface area contributed by atoms with Crippen LogP contribution in [0.15, 0.2) is 24.4 Å². The van der Waals surface area contributed by atoms with E-state index in [0.29, 0.717) is 18.9 Å². The molecular weight excluding hydrogens is 208 g/mol. The van der Waals surface area contributed by atoms with Crippen molar-refractivity contribution in [1.82, 2.24) is 15.3 Å². The predicted octanol–water partition coefficient (Wildman–Crippen LogP) is -0.799. The van der Waals surface area contributed by atoms with Crippen molar-refractivity contribution in [1.29, 1.82) is 0 Å². The average Bonchev–Trinajstić information content (AvgIpc) is 2.26. The van der Waals surface area contributed by atoms with E-state index in [4.69, 9.17) is 5.11 Å². The van der Waals surface area contributed by atoms with Gasteiger partial charge >= 0.3 is 0 Å². The number of β-amino-alcohol motifs (C(OH)–C–C–N with tert-alkyl or cyclic N) is 1. The summed E-state index contributed by atoms with van der Waals surface area (Å²) in [5.41, 5.74) is 5.25. The Bertz CT molecular complexity index is 351. The van der Waals surface area contributed by atoms with Gasteiger partial charge in [0.05, 0.1) is 12.6 Å². The predicted molar refractivity (Wildman–Crippen MR) is 58.4 cm³/mol. The zero-order chi connectivity index (χ0) is 11.4. The van der Waals surface area contributed by atoms with E-state index in [9.17, 15) is 4.79 Å². The molecule has 86 valence electrons. The fourth-order valence-corrected chi connectivity index (χ4v) is 1.48. The van der Waals surface area contributed by atoms with Crippen LogP contribution in [0, 0.1) is 0 Å². The first-order valence-corrected chi connectivity index (χ1v) is 5.10. The van der Waals surface area contributed by atoms with Crippen molar-refractivity contribution in [3.63, 3.8) is 0 Å². The van der Waals surface area contributed by atoms with Crippen LogP contribution >= 0.6 is 0 Å². The van der Waals surface area contributed by atoms with Gasteiger partial charge in [-0.3, -0.25) is 20.5 Å². The van der Waals surface area contributed by atoms with Crippen molar-refractivity contribution in [2.45, 2.75) is 6.10 Å². The lowest BCUT2D eigenvalue weighted by atomic mass is 10.2. The molecule has 3 N–H and O–H groups in total. The number of rotatable bonds is 4. The highest BCUT2D eigenvalue weighted by Crippen LogP contribution is 2.05. The van der Waals surface area contributed by atoms with Crippen LogP contribution in [0.4, 0.5) is 5.82 Å². The molecule has 0 unspecified atom stereocenters. The molecule has 1 aromatic rings. The molecule has 0 atom stereocenters. The number of hydrogen-bond acceptors (Lipinski definition) is 5. The third-order valence-corrected chi connectivity index (χ3v) is 2.30. The fraction of sp³-hybridized carbons (Fsp3) is 0.400. The van der Waals surface area contributed by atoms with Crippen molar-refractivity contribution < 1.29 is 9.90 Å². The molecule has 0 saturated carbocycles. The number of amides is 1. The Morgan fingerprint density at radius 2 is 2.38 bits per heavy atom. The zero-order valence-electron chi connectivity index (χ0n) is 8.76. The first-order chi connectivity index (χ1) is 7.74. The number of aliphatic hydroxyl groups is 1. The van der Waals surface area contributed by atoms with Crippen molar-refractivity contribution in [2.75, 3.05) is 25.1 Å². The second-order valence-corrected chi connectivity index (χ2v) is 3.74. The van der Waals surface area contributed by atoms with Crippen molar-refractivity contribution in [3.8, 4) is 0 Å². The molecule has 1 amide bonds. The van der Waals surface area contributed by atoms with Gasteiger partial charge in [-0.25, -0.2) is 4.98 Å². The van der Waals surface area contributed by atoms with E-state index < -0.39 is 0 Å². The number of carbonyl (C=O) groups excluding carboxylic acids is 1. The van der Waals surface area contributed by atoms with E-state index in [0.717, 1.165) is 0 Å². The molecule has 1 aliphatic heterocycles. The number of carbonyl (C=O) groups is 1. The van der Waals surface area contributed by atoms with Crippen LogP contribution in [-0.2, 0) is 4.79 Å². The summed E-state index contributed by atoms with van der Waals surface area (Å²) in [5, 5.41) is 9.04. The largest absolute Gasteiger partial charge is 0.390 e. The summed E-state index contributed by atoms with van der Waals surface area (Å²) < 4.78 is 0. The minimum absolute atomic E-state index is 0.141. The lowest BCUT2D eigenvalue weighted by molar-refractivity contribution is -0.124. The van der Waals surface area contributed by atoms with Crippen LogP contribution in [-0.4, -0.2) is 46.6 Å². The Hall–Kier alpha value is -1.66. The summed E-state index contributed by atoms with van der Waals surface area (Å²) in [6.45, 7) is 1.42. The number of anilines is 1. The van der Waals surface area contributed by atoms with Crippen molar-refractivity contribution >= 4 is 11.7 Å². The van der Waals surface area contributed by atoms with Crippen LogP contribution < -0.4 is 10.9 Å². The van der Waals surface area contributed by atoms with Gasteiger partial charge in [-0.05, 0) is 12.1 Å². The second kappa shape index (κ2) is 4.91. The van der Waals surface area contributed by atoms with E-state index >= 15 is 0 Å². The Kier molecular flexibility index (Phi) is 3.33. The Balaban J connectivity index is 1.68. The average molecular weight is 222 g/mol. The summed E-state index contributed by atoms with van der Waals surface area (Å²) in [6.07, 6.45) is 1.36. The SMILES string of the molecule is O=C(CN1CC(O)C1)NNc1ccccn1. The Labute approximate surface area is 93.3 Å². The van der Waals surface area contributed by atoms with Gasteiger partial charge in [-0.1, -0.05) is 6.07 Å². The maximum absolute atomic E-state index is 11.4. The molecule has 16 heavy (non-hydrogen) atoms. The monoisotopic (exact) mass is 222 g/mol. The first kappa shape index (κ1) is 10.8. The molecule has 1 aliphatic rings. The van der Waals surface area contributed by atoms with Gasteiger partial charge in [0.15, 0.2) is 0 Å². The lowest BCUT2D eigenvalue weighted by Gasteiger charge is -2.34. The normalized spacial score (nSPS) is 16.6. The topological polar surface area (TPSA) is 77.5 Å². The van der Waals surface area contributed by atoms with E-state index in [-0.39, 0.29) is 18.6 Å². The minimum atomic E-state index is -0.281. The lowest BCUT2D eigenvalue weighted by Crippen LogP contribution is -2.54. The van der Waals surface area contributed by atoms with Crippen molar-refractivity contribution in [2.24, 2.45) is 0 Å². The zero-order valence-corrected chi connectivity index (χ0v) is 8.76. The van der Waals surface area contributed by atoms with Gasteiger partial charge in [-0.2, -0.15) is 0 Å². The maximum atomic E-state index is 11.4. The summed E-state index contributed by atoms with van der Waals surface area (Å²) in [4.78, 5) is 17.3. The molecule has 1 aromatic heterocycles. The third-order valence-electron chi connectivity index (χ3n) is 2.30. The number of aliphatic hydroxyl groups excluding tert-OH is 1. The van der Waals surface area contributed by atoms with E-state index in [1.54, 1.807) is 18.3 Å². The highest BCUT2D eigenvalue weighted by molar-refractivity contribution is 5.79. The number of hydrogen-bond donors (Lipinski definition) is 3. The smallest absolute Gasteiger partial charge is 0.252 e. The summed E-state index contributed by atoms with van der Waals surface area (Å²) in [7, 11) is 0. The molecule has 0 aliphatic carbocycles. The number of likely N-dealkylation sites (tertiary alicyclic amines) is 1. The molecule has 1 saturated heterocycles. The highest BCUT2D eigenvalue weighted by atomic mass is 16.3. The van der Waals surface area contributed by atoms with E-state index in [2.05, 4.69) is 15.8 Å². The fourth-order valence-electron chi connectivity index (χ4n) is 1.48. The molecule has 0 spiro atoms. The molecule has 0 radical (unpaired) electrons. The van der Waals surface area contributed by atoms with Crippen LogP contribution in [0.2, 0.25) is 0 Å². The number of hydrazine groups is 1. The second-order valence-electron chi connectivity index (χ2n) is 3.74. The molecule has 0 bridgehead atoms. The van der Waals surface area contributed by atoms with E-state index in [1.165, 1.54) is 0 Å². The number of nitrogens with one attached hydrogen (secondary N) is 2. The molecule has 6 heteroatoms. The van der Waals surface area contributed by atoms with Gasteiger partial charge in [0.25, 0.3) is 5.91 Å². The number of pyridine rings is 1. The number of nitrogens with zero attached hydrogens (tertiary/aromatic N) is 2. The van der Waals surface area contributed by atoms with E-state index in [1.807, 2.05) is 11.0 Å². The Morgan fingerprint density at radius 1 is 1.56 bits per heavy atom. The molecule has 0 aromatic carbocycles. The first-order valence-electron chi connectivity index (χ1n) is 5.10. The molecule has 1 fully saturated rings. The van der Waals surface area contributed by atoms with Crippen LogP contribution in [0.5, 0.6) is 0 Å². The van der Waals surface area contributed by atoms with Gasteiger partial charge in [0, 0.05) is 19.3 Å². The minimum Gasteiger partial charge on any atom is -0.390 e. The molecule has 6 nitrogen and oxygen atoms in total. The standard InChI is InChI=1S/C10H14N4O2/c15-8-5-14(6-8)7-10(16)13-12-9-3-1-2-4-11-9/h1-4,8,15H,5-7H2,(H,11,12)(H,13,16). The van der Waals surface area contributed by atoms with Gasteiger partial charge in [0.1, 0.15) is 5.82 Å². The van der Waals surface area contributed by atoms with Crippen molar-refractivity contribution in [3.05, 3.63) is 24.4 Å². The van der Waals surface area contributed by atoms with Gasteiger partial charge in [-0.15, -0.1) is 0 Å². The Morgan fingerprint density at radius 3 is 3.00 bits per heavy atom. The molecule has 2 rings (SSSR count). The van der Waals surface area contributed by atoms with Crippen LogP contribution in [0.25, 0.3) is 0 Å². The van der Waals surface area contributed by atoms with Gasteiger partial charge in [0.2, 0.25) is 0 Å². The summed E-state index contributed by atoms with van der Waals surface area (Å²) >= 11 is 0. The molecular formula is C10H14N4O2. The van der Waals surface area contributed by atoms with Crippen LogP contribution in [0.3, 0.4) is 0 Å². The third kappa shape index (κ3) is 2.91. The quantitative estimate of drug-likeness (QED) is 0.581. The summed E-state index contributed by atoms with van der Waals surface area (Å²) in [5.74, 6) is 0.456. The maximum Gasteiger partial charge on any atom is 0.252 e. The van der Waals surface area contributed by atoms with Gasteiger partial charge < -0.3 is 5.11 Å². The number of aromatic nitrogens is 1.